The van der Waals surface area contributed by atoms with Crippen LogP contribution in [0.4, 0.5) is 0 Å². The predicted octanol–water partition coefficient (Wildman–Crippen LogP) is 0.970. The van der Waals surface area contributed by atoms with Crippen LogP contribution < -0.4 is 5.32 Å². The molecule has 0 fully saturated rings. The van der Waals surface area contributed by atoms with Crippen LogP contribution in [0.3, 0.4) is 0 Å². The lowest BCUT2D eigenvalue weighted by Gasteiger charge is -1.95. The Morgan fingerprint density at radius 3 is 3.06 bits per heavy atom. The van der Waals surface area contributed by atoms with Gasteiger partial charge < -0.3 is 14.4 Å². The number of imidazole rings is 1. The Balaban J connectivity index is 2.05. The van der Waals surface area contributed by atoms with E-state index in [0.29, 0.717) is 24.1 Å². The molecule has 16 heavy (non-hydrogen) atoms. The zero-order chi connectivity index (χ0) is 11.4. The van der Waals surface area contributed by atoms with Crippen molar-refractivity contribution < 1.29 is 4.52 Å². The molecule has 2 aromatic heterocycles. The molecular weight excluding hydrogens is 206 g/mol. The Bertz CT molecular complexity index is 448. The molecule has 0 radical (unpaired) electrons. The summed E-state index contributed by atoms with van der Waals surface area (Å²) in [5, 5.41) is 7.09. The lowest BCUT2D eigenvalue weighted by atomic mass is 10.5. The first-order valence-electron chi connectivity index (χ1n) is 5.32. The van der Waals surface area contributed by atoms with E-state index in [-0.39, 0.29) is 0 Å². The van der Waals surface area contributed by atoms with Gasteiger partial charge in [0.2, 0.25) is 11.7 Å². The molecule has 6 heteroatoms. The number of nitrogens with zero attached hydrogens (tertiary/aromatic N) is 4. The van der Waals surface area contributed by atoms with E-state index in [9.17, 15) is 0 Å². The standard InChI is InChI=1S/C10H15N5O/c1-3-4-11-7-8-13-9(14-16-8)10-12-5-6-15(10)2/h5-6,11H,3-4,7H2,1-2H3. The fourth-order valence-corrected chi connectivity index (χ4v) is 1.37. The van der Waals surface area contributed by atoms with Gasteiger partial charge in [-0.3, -0.25) is 0 Å². The van der Waals surface area contributed by atoms with Crippen LogP contribution in [0.25, 0.3) is 11.6 Å². The van der Waals surface area contributed by atoms with Gasteiger partial charge in [-0.1, -0.05) is 12.1 Å². The third kappa shape index (κ3) is 2.27. The van der Waals surface area contributed by atoms with Gasteiger partial charge in [0, 0.05) is 19.4 Å². The van der Waals surface area contributed by atoms with E-state index in [1.165, 1.54) is 0 Å². The molecule has 0 atom stereocenters. The van der Waals surface area contributed by atoms with Crippen LogP contribution in [0, 0.1) is 0 Å². The summed E-state index contributed by atoms with van der Waals surface area (Å²) in [6.07, 6.45) is 4.64. The fourth-order valence-electron chi connectivity index (χ4n) is 1.37. The van der Waals surface area contributed by atoms with Crippen molar-refractivity contribution in [2.45, 2.75) is 19.9 Å². The molecule has 0 spiro atoms. The van der Waals surface area contributed by atoms with E-state index in [2.05, 4.69) is 27.4 Å². The minimum absolute atomic E-state index is 0.529. The molecule has 0 unspecified atom stereocenters. The molecule has 0 aliphatic carbocycles. The highest BCUT2D eigenvalue weighted by Crippen LogP contribution is 2.11. The SMILES string of the molecule is CCCNCc1nc(-c2nccn2C)no1. The number of aryl methyl sites for hydroxylation is 1. The second kappa shape index (κ2) is 4.89. The first-order chi connectivity index (χ1) is 7.81. The Kier molecular flexibility index (Phi) is 3.31. The lowest BCUT2D eigenvalue weighted by molar-refractivity contribution is 0.368. The van der Waals surface area contributed by atoms with Crippen molar-refractivity contribution in [3.05, 3.63) is 18.3 Å². The number of rotatable bonds is 5. The Labute approximate surface area is 93.7 Å². The summed E-state index contributed by atoms with van der Waals surface area (Å²) < 4.78 is 6.97. The van der Waals surface area contributed by atoms with E-state index in [1.807, 2.05) is 17.8 Å². The molecule has 6 nitrogen and oxygen atoms in total. The normalized spacial score (nSPS) is 10.9. The van der Waals surface area contributed by atoms with Crippen molar-refractivity contribution in [3.8, 4) is 11.6 Å². The molecule has 2 aromatic rings. The molecule has 0 saturated heterocycles. The van der Waals surface area contributed by atoms with Crippen molar-refractivity contribution in [2.75, 3.05) is 6.54 Å². The number of hydrogen-bond donors (Lipinski definition) is 1. The third-order valence-corrected chi connectivity index (χ3v) is 2.19. The monoisotopic (exact) mass is 221 g/mol. The maximum Gasteiger partial charge on any atom is 0.241 e. The highest BCUT2D eigenvalue weighted by Gasteiger charge is 2.11. The van der Waals surface area contributed by atoms with Crippen molar-refractivity contribution in [1.82, 2.24) is 25.0 Å². The van der Waals surface area contributed by atoms with Gasteiger partial charge in [-0.15, -0.1) is 0 Å². The zero-order valence-corrected chi connectivity index (χ0v) is 9.47. The molecule has 2 rings (SSSR count). The first-order valence-corrected chi connectivity index (χ1v) is 5.32. The van der Waals surface area contributed by atoms with Gasteiger partial charge in [-0.05, 0) is 13.0 Å². The summed E-state index contributed by atoms with van der Waals surface area (Å²) in [7, 11) is 1.90. The van der Waals surface area contributed by atoms with Gasteiger partial charge >= 0.3 is 0 Å². The molecule has 0 bridgehead atoms. The summed E-state index contributed by atoms with van der Waals surface area (Å²) in [6, 6.07) is 0. The molecule has 0 aromatic carbocycles. The second-order valence-corrected chi connectivity index (χ2v) is 3.55. The van der Waals surface area contributed by atoms with E-state index in [4.69, 9.17) is 4.52 Å². The summed E-state index contributed by atoms with van der Waals surface area (Å²) in [4.78, 5) is 8.42. The predicted molar refractivity (Wildman–Crippen MR) is 58.5 cm³/mol. The quantitative estimate of drug-likeness (QED) is 0.762. The first kappa shape index (κ1) is 10.8. The molecule has 0 saturated carbocycles. The minimum atomic E-state index is 0.529. The minimum Gasteiger partial charge on any atom is -0.337 e. The zero-order valence-electron chi connectivity index (χ0n) is 9.47. The van der Waals surface area contributed by atoms with Crippen LogP contribution in [0.2, 0.25) is 0 Å². The third-order valence-electron chi connectivity index (χ3n) is 2.19. The fraction of sp³-hybridized carbons (Fsp3) is 0.500. The highest BCUT2D eigenvalue weighted by atomic mass is 16.5. The van der Waals surface area contributed by atoms with Gasteiger partial charge in [0.1, 0.15) is 0 Å². The molecule has 86 valence electrons. The van der Waals surface area contributed by atoms with E-state index < -0.39 is 0 Å². The van der Waals surface area contributed by atoms with Crippen molar-refractivity contribution >= 4 is 0 Å². The molecular formula is C10H15N5O. The Morgan fingerprint density at radius 1 is 1.50 bits per heavy atom. The van der Waals surface area contributed by atoms with Gasteiger partial charge in [0.15, 0.2) is 5.82 Å². The summed E-state index contributed by atoms with van der Waals surface area (Å²) in [5.74, 6) is 1.83. The van der Waals surface area contributed by atoms with Crippen LogP contribution >= 0.6 is 0 Å². The number of aromatic nitrogens is 4. The number of nitrogens with one attached hydrogen (secondary N) is 1. The lowest BCUT2D eigenvalue weighted by Crippen LogP contribution is -2.13. The van der Waals surface area contributed by atoms with Crippen LogP contribution in [0.1, 0.15) is 19.2 Å². The van der Waals surface area contributed by atoms with Crippen molar-refractivity contribution in [1.29, 1.82) is 0 Å². The Morgan fingerprint density at radius 2 is 2.38 bits per heavy atom. The molecule has 2 heterocycles. The average molecular weight is 221 g/mol. The van der Waals surface area contributed by atoms with Gasteiger partial charge in [-0.25, -0.2) is 4.98 Å². The second-order valence-electron chi connectivity index (χ2n) is 3.55. The molecule has 0 aliphatic rings. The van der Waals surface area contributed by atoms with Gasteiger partial charge in [0.25, 0.3) is 0 Å². The van der Waals surface area contributed by atoms with Crippen molar-refractivity contribution in [2.24, 2.45) is 7.05 Å². The van der Waals surface area contributed by atoms with Crippen LogP contribution in [0.5, 0.6) is 0 Å². The number of hydrogen-bond acceptors (Lipinski definition) is 5. The highest BCUT2D eigenvalue weighted by molar-refractivity contribution is 5.42. The summed E-state index contributed by atoms with van der Waals surface area (Å²) >= 11 is 0. The maximum atomic E-state index is 5.11. The van der Waals surface area contributed by atoms with Crippen LogP contribution in [0.15, 0.2) is 16.9 Å². The topological polar surface area (TPSA) is 68.8 Å². The van der Waals surface area contributed by atoms with E-state index >= 15 is 0 Å². The molecule has 0 amide bonds. The maximum absolute atomic E-state index is 5.11. The largest absolute Gasteiger partial charge is 0.337 e. The van der Waals surface area contributed by atoms with E-state index in [0.717, 1.165) is 13.0 Å². The Hall–Kier alpha value is -1.69. The molecule has 0 aliphatic heterocycles. The average Bonchev–Trinajstić information content (AvgIpc) is 2.87. The van der Waals surface area contributed by atoms with Crippen molar-refractivity contribution in [3.63, 3.8) is 0 Å². The van der Waals surface area contributed by atoms with Crippen LogP contribution in [-0.2, 0) is 13.6 Å². The summed E-state index contributed by atoms with van der Waals surface area (Å²) in [5.41, 5.74) is 0. The van der Waals surface area contributed by atoms with E-state index in [1.54, 1.807) is 6.20 Å². The summed E-state index contributed by atoms with van der Waals surface area (Å²) in [6.45, 7) is 3.66. The van der Waals surface area contributed by atoms with Crippen LogP contribution in [-0.4, -0.2) is 26.2 Å². The van der Waals surface area contributed by atoms with Gasteiger partial charge in [-0.2, -0.15) is 4.98 Å². The molecule has 1 N–H and O–H groups in total. The smallest absolute Gasteiger partial charge is 0.241 e. The van der Waals surface area contributed by atoms with Gasteiger partial charge in [0.05, 0.1) is 6.54 Å².